The molecule has 0 bridgehead atoms. The lowest BCUT2D eigenvalue weighted by Gasteiger charge is -2.13. The minimum absolute atomic E-state index is 0.0764. The first kappa shape index (κ1) is 13.9. The van der Waals surface area contributed by atoms with Crippen LogP contribution >= 0.6 is 0 Å². The number of benzene rings is 1. The van der Waals surface area contributed by atoms with Gasteiger partial charge in [0.2, 0.25) is 0 Å². The van der Waals surface area contributed by atoms with Crippen molar-refractivity contribution in [2.75, 3.05) is 6.54 Å². The third-order valence-corrected chi connectivity index (χ3v) is 2.92. The van der Waals surface area contributed by atoms with Gasteiger partial charge in [0.25, 0.3) is 5.91 Å². The molecule has 0 saturated carbocycles. The number of carbonyl (C=O) groups is 1. The van der Waals surface area contributed by atoms with Crippen LogP contribution in [0.4, 0.5) is 0 Å². The van der Waals surface area contributed by atoms with Gasteiger partial charge >= 0.3 is 0 Å². The summed E-state index contributed by atoms with van der Waals surface area (Å²) in [6.45, 7) is 3.25. The van der Waals surface area contributed by atoms with E-state index in [9.17, 15) is 15.0 Å². The summed E-state index contributed by atoms with van der Waals surface area (Å²) in [6, 6.07) is 3.90. The van der Waals surface area contributed by atoms with Crippen LogP contribution in [0.15, 0.2) is 36.9 Å². The third kappa shape index (κ3) is 3.50. The van der Waals surface area contributed by atoms with Crippen molar-refractivity contribution in [2.45, 2.75) is 13.5 Å². The average molecular weight is 275 g/mol. The van der Waals surface area contributed by atoms with Crippen LogP contribution < -0.4 is 5.32 Å². The van der Waals surface area contributed by atoms with E-state index in [4.69, 9.17) is 0 Å². The van der Waals surface area contributed by atoms with E-state index in [1.165, 1.54) is 12.1 Å². The number of aromatic nitrogens is 2. The quantitative estimate of drug-likeness (QED) is 0.769. The van der Waals surface area contributed by atoms with Gasteiger partial charge in [-0.05, 0) is 18.1 Å². The Labute approximate surface area is 116 Å². The van der Waals surface area contributed by atoms with E-state index >= 15 is 0 Å². The van der Waals surface area contributed by atoms with Crippen LogP contribution in [-0.4, -0.2) is 32.2 Å². The molecule has 1 aromatic heterocycles. The van der Waals surface area contributed by atoms with Crippen LogP contribution in [0.1, 0.15) is 17.3 Å². The summed E-state index contributed by atoms with van der Waals surface area (Å²) in [7, 11) is 0. The van der Waals surface area contributed by atoms with Gasteiger partial charge < -0.3 is 20.1 Å². The lowest BCUT2D eigenvalue weighted by Crippen LogP contribution is -2.29. The smallest absolute Gasteiger partial charge is 0.255 e. The Morgan fingerprint density at radius 3 is 2.90 bits per heavy atom. The fourth-order valence-corrected chi connectivity index (χ4v) is 1.89. The first-order chi connectivity index (χ1) is 9.56. The summed E-state index contributed by atoms with van der Waals surface area (Å²) < 4.78 is 1.94. The van der Waals surface area contributed by atoms with Gasteiger partial charge in [0, 0.05) is 31.5 Å². The van der Waals surface area contributed by atoms with Crippen molar-refractivity contribution in [1.29, 1.82) is 0 Å². The number of imidazole rings is 1. The van der Waals surface area contributed by atoms with Gasteiger partial charge in [-0.25, -0.2) is 4.98 Å². The molecule has 0 aliphatic carbocycles. The van der Waals surface area contributed by atoms with Crippen LogP contribution in [0.3, 0.4) is 0 Å². The van der Waals surface area contributed by atoms with Gasteiger partial charge in [-0.3, -0.25) is 4.79 Å². The summed E-state index contributed by atoms with van der Waals surface area (Å²) >= 11 is 0. The molecule has 0 aliphatic rings. The first-order valence-electron chi connectivity index (χ1n) is 6.32. The molecule has 1 amide bonds. The van der Waals surface area contributed by atoms with E-state index in [1.54, 1.807) is 12.5 Å². The van der Waals surface area contributed by atoms with Gasteiger partial charge in [0.05, 0.1) is 11.9 Å². The fraction of sp³-hybridized carbons (Fsp3) is 0.286. The standard InChI is InChI=1S/C14H17N3O3/c1-10(8-17-5-4-15-9-17)7-16-14(20)12-3-2-11(18)6-13(12)19/h2-6,9-10,18-19H,7-8H2,1H3,(H,16,20)/t10-/m1/s1. The second-order valence-corrected chi connectivity index (χ2v) is 4.78. The number of phenols is 2. The average Bonchev–Trinajstić information content (AvgIpc) is 2.89. The predicted octanol–water partition coefficient (Wildman–Crippen LogP) is 1.36. The van der Waals surface area contributed by atoms with E-state index in [-0.39, 0.29) is 28.9 Å². The van der Waals surface area contributed by atoms with E-state index in [2.05, 4.69) is 10.3 Å². The Hall–Kier alpha value is -2.50. The molecule has 0 radical (unpaired) electrons. The largest absolute Gasteiger partial charge is 0.508 e. The molecule has 106 valence electrons. The zero-order valence-corrected chi connectivity index (χ0v) is 11.2. The van der Waals surface area contributed by atoms with Crippen molar-refractivity contribution in [3.8, 4) is 11.5 Å². The van der Waals surface area contributed by atoms with Gasteiger partial charge in [-0.1, -0.05) is 6.92 Å². The number of rotatable bonds is 5. The Morgan fingerprint density at radius 1 is 1.45 bits per heavy atom. The normalized spacial score (nSPS) is 12.1. The summed E-state index contributed by atoms with van der Waals surface area (Å²) in [5.41, 5.74) is 0.151. The summed E-state index contributed by atoms with van der Waals surface area (Å²) in [5, 5.41) is 21.5. The van der Waals surface area contributed by atoms with Gasteiger partial charge in [0.1, 0.15) is 11.5 Å². The molecule has 0 aliphatic heterocycles. The molecular weight excluding hydrogens is 258 g/mol. The number of phenolic OH excluding ortho intramolecular Hbond substituents is 2. The number of nitrogens with zero attached hydrogens (tertiary/aromatic N) is 2. The fourth-order valence-electron chi connectivity index (χ4n) is 1.89. The van der Waals surface area contributed by atoms with Gasteiger partial charge in [0.15, 0.2) is 0 Å². The zero-order valence-electron chi connectivity index (χ0n) is 11.2. The number of hydrogen-bond acceptors (Lipinski definition) is 4. The summed E-state index contributed by atoms with van der Waals surface area (Å²) in [6.07, 6.45) is 5.30. The number of aromatic hydroxyl groups is 2. The van der Waals surface area contributed by atoms with Crippen molar-refractivity contribution in [2.24, 2.45) is 5.92 Å². The molecule has 1 aromatic carbocycles. The highest BCUT2D eigenvalue weighted by atomic mass is 16.3. The van der Waals surface area contributed by atoms with E-state index in [1.807, 2.05) is 17.7 Å². The molecular formula is C14H17N3O3. The van der Waals surface area contributed by atoms with Crippen molar-refractivity contribution in [3.63, 3.8) is 0 Å². The second kappa shape index (κ2) is 6.10. The highest BCUT2D eigenvalue weighted by Crippen LogP contribution is 2.22. The monoisotopic (exact) mass is 275 g/mol. The number of nitrogens with one attached hydrogen (secondary N) is 1. The van der Waals surface area contributed by atoms with E-state index in [0.717, 1.165) is 12.6 Å². The van der Waals surface area contributed by atoms with Crippen molar-refractivity contribution >= 4 is 5.91 Å². The first-order valence-corrected chi connectivity index (χ1v) is 6.32. The minimum Gasteiger partial charge on any atom is -0.508 e. The van der Waals surface area contributed by atoms with Crippen LogP contribution in [0, 0.1) is 5.92 Å². The molecule has 2 aromatic rings. The molecule has 2 rings (SSSR count). The highest BCUT2D eigenvalue weighted by molar-refractivity contribution is 5.96. The molecule has 6 nitrogen and oxygen atoms in total. The Kier molecular flexibility index (Phi) is 4.24. The SMILES string of the molecule is C[C@H](CNC(=O)c1ccc(O)cc1O)Cn1ccnc1. The second-order valence-electron chi connectivity index (χ2n) is 4.78. The Bertz CT molecular complexity index is 581. The summed E-state index contributed by atoms with van der Waals surface area (Å²) in [5.74, 6) is -0.440. The molecule has 3 N–H and O–H groups in total. The number of amides is 1. The van der Waals surface area contributed by atoms with Gasteiger partial charge in [-0.15, -0.1) is 0 Å². The summed E-state index contributed by atoms with van der Waals surface area (Å²) in [4.78, 5) is 15.9. The molecule has 1 heterocycles. The van der Waals surface area contributed by atoms with Crippen LogP contribution in [-0.2, 0) is 6.54 Å². The molecule has 0 spiro atoms. The topological polar surface area (TPSA) is 87.4 Å². The van der Waals surface area contributed by atoms with Gasteiger partial charge in [-0.2, -0.15) is 0 Å². The molecule has 0 saturated heterocycles. The van der Waals surface area contributed by atoms with E-state index < -0.39 is 0 Å². The number of hydrogen-bond donors (Lipinski definition) is 3. The predicted molar refractivity (Wildman–Crippen MR) is 73.5 cm³/mol. The zero-order chi connectivity index (χ0) is 14.5. The maximum Gasteiger partial charge on any atom is 0.255 e. The van der Waals surface area contributed by atoms with Crippen LogP contribution in [0.25, 0.3) is 0 Å². The molecule has 0 unspecified atom stereocenters. The lowest BCUT2D eigenvalue weighted by molar-refractivity contribution is 0.0944. The lowest BCUT2D eigenvalue weighted by atomic mass is 10.1. The Balaban J connectivity index is 1.88. The maximum atomic E-state index is 11.9. The molecule has 20 heavy (non-hydrogen) atoms. The van der Waals surface area contributed by atoms with Crippen LogP contribution in [0.5, 0.6) is 11.5 Å². The van der Waals surface area contributed by atoms with Crippen molar-refractivity contribution < 1.29 is 15.0 Å². The molecule has 1 atom stereocenters. The van der Waals surface area contributed by atoms with E-state index in [0.29, 0.717) is 6.54 Å². The Morgan fingerprint density at radius 2 is 2.25 bits per heavy atom. The van der Waals surface area contributed by atoms with Crippen molar-refractivity contribution in [1.82, 2.24) is 14.9 Å². The minimum atomic E-state index is -0.361. The maximum absolute atomic E-state index is 11.9. The highest BCUT2D eigenvalue weighted by Gasteiger charge is 2.12. The number of carbonyl (C=O) groups excluding carboxylic acids is 1. The third-order valence-electron chi connectivity index (χ3n) is 2.92. The molecule has 6 heteroatoms. The van der Waals surface area contributed by atoms with Crippen LogP contribution in [0.2, 0.25) is 0 Å². The van der Waals surface area contributed by atoms with Crippen molar-refractivity contribution in [3.05, 3.63) is 42.5 Å². The molecule has 0 fully saturated rings.